The van der Waals surface area contributed by atoms with Gasteiger partial charge in [-0.25, -0.2) is 19.9 Å². The highest BCUT2D eigenvalue weighted by molar-refractivity contribution is 7.21. The van der Waals surface area contributed by atoms with Crippen molar-refractivity contribution in [3.05, 3.63) is 66.7 Å². The second-order valence-corrected chi connectivity index (χ2v) is 7.74. The largest absolute Gasteiger partial charge is 0.353 e. The van der Waals surface area contributed by atoms with Gasteiger partial charge in [-0.05, 0) is 24.3 Å². The SMILES string of the molecule is O=C(c1nccnc1-c1nc2ccccc2s1)N1CCN(c2ccccn2)CC1. The number of amides is 1. The van der Waals surface area contributed by atoms with E-state index >= 15 is 0 Å². The lowest BCUT2D eigenvalue weighted by molar-refractivity contribution is 0.0741. The summed E-state index contributed by atoms with van der Waals surface area (Å²) < 4.78 is 1.07. The van der Waals surface area contributed by atoms with Gasteiger partial charge < -0.3 is 9.80 Å². The van der Waals surface area contributed by atoms with Gasteiger partial charge in [-0.3, -0.25) is 4.79 Å². The summed E-state index contributed by atoms with van der Waals surface area (Å²) in [6, 6.07) is 13.8. The van der Waals surface area contributed by atoms with Gasteiger partial charge in [0.15, 0.2) is 5.69 Å². The van der Waals surface area contributed by atoms with E-state index in [1.54, 1.807) is 18.6 Å². The van der Waals surface area contributed by atoms with E-state index in [0.29, 0.717) is 24.5 Å². The van der Waals surface area contributed by atoms with Gasteiger partial charge in [0, 0.05) is 44.8 Å². The first-order valence-electron chi connectivity index (χ1n) is 9.42. The van der Waals surface area contributed by atoms with Crippen LogP contribution in [0.15, 0.2) is 61.1 Å². The molecule has 5 rings (SSSR count). The van der Waals surface area contributed by atoms with Gasteiger partial charge >= 0.3 is 0 Å². The first-order chi connectivity index (χ1) is 14.3. The number of carbonyl (C=O) groups is 1. The molecule has 8 heteroatoms. The Balaban J connectivity index is 1.38. The lowest BCUT2D eigenvalue weighted by Gasteiger charge is -2.35. The number of hydrogen-bond acceptors (Lipinski definition) is 7. The molecule has 1 fully saturated rings. The molecule has 0 saturated carbocycles. The van der Waals surface area contributed by atoms with Crippen LogP contribution in [0.5, 0.6) is 0 Å². The maximum Gasteiger partial charge on any atom is 0.274 e. The zero-order chi connectivity index (χ0) is 19.6. The Labute approximate surface area is 171 Å². The van der Waals surface area contributed by atoms with Crippen LogP contribution in [-0.4, -0.2) is 56.9 Å². The minimum absolute atomic E-state index is 0.104. The number of fused-ring (bicyclic) bond motifs is 1. The van der Waals surface area contributed by atoms with E-state index in [-0.39, 0.29) is 5.91 Å². The van der Waals surface area contributed by atoms with Crippen LogP contribution in [-0.2, 0) is 0 Å². The topological polar surface area (TPSA) is 75.1 Å². The summed E-state index contributed by atoms with van der Waals surface area (Å²) in [6.07, 6.45) is 4.96. The van der Waals surface area contributed by atoms with Crippen LogP contribution >= 0.6 is 11.3 Å². The van der Waals surface area contributed by atoms with E-state index in [1.807, 2.05) is 47.4 Å². The predicted molar refractivity (Wildman–Crippen MR) is 113 cm³/mol. The van der Waals surface area contributed by atoms with Gasteiger partial charge in [0.1, 0.15) is 16.5 Å². The standard InChI is InChI=1S/C21H18N6OS/c28-21(27-13-11-26(12-14-27)17-7-3-4-8-22-17)19-18(23-9-10-24-19)20-25-15-5-1-2-6-16(15)29-20/h1-10H,11-14H2. The van der Waals surface area contributed by atoms with Gasteiger partial charge in [-0.2, -0.15) is 0 Å². The maximum absolute atomic E-state index is 13.2. The van der Waals surface area contributed by atoms with Gasteiger partial charge in [0.25, 0.3) is 5.91 Å². The molecule has 1 saturated heterocycles. The number of piperazine rings is 1. The average molecular weight is 402 g/mol. The minimum atomic E-state index is -0.104. The smallest absolute Gasteiger partial charge is 0.274 e. The van der Waals surface area contributed by atoms with Crippen molar-refractivity contribution < 1.29 is 4.79 Å². The van der Waals surface area contributed by atoms with Gasteiger partial charge in [0.2, 0.25) is 0 Å². The lowest BCUT2D eigenvalue weighted by Crippen LogP contribution is -2.49. The highest BCUT2D eigenvalue weighted by Crippen LogP contribution is 2.30. The molecule has 0 aliphatic carbocycles. The number of nitrogens with zero attached hydrogens (tertiary/aromatic N) is 6. The van der Waals surface area contributed by atoms with Crippen molar-refractivity contribution in [1.82, 2.24) is 24.8 Å². The number of anilines is 1. The molecule has 0 bridgehead atoms. The molecule has 0 radical (unpaired) electrons. The van der Waals surface area contributed by atoms with Crippen molar-refractivity contribution >= 4 is 33.3 Å². The Morgan fingerprint density at radius 2 is 1.66 bits per heavy atom. The van der Waals surface area contributed by atoms with Crippen molar-refractivity contribution in [3.63, 3.8) is 0 Å². The van der Waals surface area contributed by atoms with E-state index in [4.69, 9.17) is 0 Å². The van der Waals surface area contributed by atoms with Crippen molar-refractivity contribution in [1.29, 1.82) is 0 Å². The summed E-state index contributed by atoms with van der Waals surface area (Å²) >= 11 is 1.53. The molecule has 0 N–H and O–H groups in total. The van der Waals surface area contributed by atoms with Gasteiger partial charge in [0.05, 0.1) is 10.2 Å². The van der Waals surface area contributed by atoms with E-state index in [2.05, 4.69) is 24.8 Å². The summed E-state index contributed by atoms with van der Waals surface area (Å²) in [7, 11) is 0. The molecule has 1 aliphatic rings. The minimum Gasteiger partial charge on any atom is -0.353 e. The number of pyridine rings is 1. The molecule has 3 aromatic heterocycles. The van der Waals surface area contributed by atoms with Crippen LogP contribution in [0.25, 0.3) is 20.9 Å². The zero-order valence-corrected chi connectivity index (χ0v) is 16.4. The van der Waals surface area contributed by atoms with Crippen molar-refractivity contribution in [2.24, 2.45) is 0 Å². The Hall–Kier alpha value is -3.39. The van der Waals surface area contributed by atoms with Crippen LogP contribution in [0.4, 0.5) is 5.82 Å². The van der Waals surface area contributed by atoms with Crippen LogP contribution < -0.4 is 4.90 Å². The molecule has 29 heavy (non-hydrogen) atoms. The Kier molecular flexibility index (Phi) is 4.61. The molecule has 1 aromatic carbocycles. The molecule has 1 amide bonds. The molecule has 1 aliphatic heterocycles. The fourth-order valence-electron chi connectivity index (χ4n) is 3.45. The van der Waals surface area contributed by atoms with Crippen molar-refractivity contribution in [2.75, 3.05) is 31.1 Å². The molecule has 4 aromatic rings. The summed E-state index contributed by atoms with van der Waals surface area (Å²) in [5, 5.41) is 0.717. The number of thiazole rings is 1. The zero-order valence-electron chi connectivity index (χ0n) is 15.6. The second-order valence-electron chi connectivity index (χ2n) is 6.71. The summed E-state index contributed by atoms with van der Waals surface area (Å²) in [5.74, 6) is 0.835. The third-order valence-electron chi connectivity index (χ3n) is 4.94. The third-order valence-corrected chi connectivity index (χ3v) is 5.98. The number of benzene rings is 1. The average Bonchev–Trinajstić information content (AvgIpc) is 3.23. The molecule has 0 unspecified atom stereocenters. The summed E-state index contributed by atoms with van der Waals surface area (Å²) in [5.41, 5.74) is 1.81. The van der Waals surface area contributed by atoms with E-state index in [1.165, 1.54) is 11.3 Å². The van der Waals surface area contributed by atoms with Crippen LogP contribution in [0, 0.1) is 0 Å². The molecule has 144 valence electrons. The van der Waals surface area contributed by atoms with Crippen LogP contribution in [0.3, 0.4) is 0 Å². The normalized spacial score (nSPS) is 14.3. The number of aromatic nitrogens is 4. The Morgan fingerprint density at radius 3 is 2.45 bits per heavy atom. The maximum atomic E-state index is 13.2. The highest BCUT2D eigenvalue weighted by atomic mass is 32.1. The summed E-state index contributed by atoms with van der Waals surface area (Å²) in [4.78, 5) is 35.1. The van der Waals surface area contributed by atoms with E-state index in [9.17, 15) is 4.79 Å². The number of rotatable bonds is 3. The number of hydrogen-bond donors (Lipinski definition) is 0. The predicted octanol–water partition coefficient (Wildman–Crippen LogP) is 3.11. The van der Waals surface area contributed by atoms with Gasteiger partial charge in [-0.1, -0.05) is 18.2 Å². The Morgan fingerprint density at radius 1 is 0.862 bits per heavy atom. The van der Waals surface area contributed by atoms with E-state index in [0.717, 1.165) is 34.1 Å². The lowest BCUT2D eigenvalue weighted by atomic mass is 10.2. The Bertz CT molecular complexity index is 1120. The van der Waals surface area contributed by atoms with E-state index < -0.39 is 0 Å². The molecule has 0 spiro atoms. The third kappa shape index (κ3) is 3.42. The van der Waals surface area contributed by atoms with Crippen molar-refractivity contribution in [3.8, 4) is 10.7 Å². The number of carbonyl (C=O) groups excluding carboxylic acids is 1. The van der Waals surface area contributed by atoms with Crippen LogP contribution in [0.1, 0.15) is 10.5 Å². The molecular weight excluding hydrogens is 384 g/mol. The first-order valence-corrected chi connectivity index (χ1v) is 10.2. The second kappa shape index (κ2) is 7.56. The summed E-state index contributed by atoms with van der Waals surface area (Å²) in [6.45, 7) is 2.70. The van der Waals surface area contributed by atoms with Crippen molar-refractivity contribution in [2.45, 2.75) is 0 Å². The van der Waals surface area contributed by atoms with Gasteiger partial charge in [-0.15, -0.1) is 11.3 Å². The molecule has 4 heterocycles. The first kappa shape index (κ1) is 17.7. The molecule has 7 nitrogen and oxygen atoms in total. The highest BCUT2D eigenvalue weighted by Gasteiger charge is 2.27. The molecule has 0 atom stereocenters. The quantitative estimate of drug-likeness (QED) is 0.524. The fourth-order valence-corrected chi connectivity index (χ4v) is 4.42. The fraction of sp³-hybridized carbons (Fsp3) is 0.190. The number of para-hydroxylation sites is 1. The monoisotopic (exact) mass is 402 g/mol. The van der Waals surface area contributed by atoms with Crippen LogP contribution in [0.2, 0.25) is 0 Å². The molecular formula is C21H18N6OS.